The molecule has 226 valence electrons. The van der Waals surface area contributed by atoms with Crippen LogP contribution in [0.1, 0.15) is 37.9 Å². The molecule has 2 saturated heterocycles. The van der Waals surface area contributed by atoms with E-state index in [0.717, 1.165) is 34.1 Å². The van der Waals surface area contributed by atoms with E-state index >= 15 is 0 Å². The van der Waals surface area contributed by atoms with Crippen molar-refractivity contribution in [2.45, 2.75) is 44.5 Å². The van der Waals surface area contributed by atoms with Gasteiger partial charge in [-0.15, -0.1) is 0 Å². The topological polar surface area (TPSA) is 115 Å². The van der Waals surface area contributed by atoms with Crippen molar-refractivity contribution in [1.82, 2.24) is 19.7 Å². The van der Waals surface area contributed by atoms with Gasteiger partial charge in [0.2, 0.25) is 17.9 Å². The summed E-state index contributed by atoms with van der Waals surface area (Å²) in [6.45, 7) is 4.03. The third kappa shape index (κ3) is 6.23. The average molecular weight is 613 g/mol. The number of alkyl halides is 3. The highest BCUT2D eigenvalue weighted by Gasteiger charge is 2.45. The molecule has 0 radical (unpaired) electrons. The van der Waals surface area contributed by atoms with Crippen LogP contribution in [0.5, 0.6) is 5.88 Å². The second-order valence-electron chi connectivity index (χ2n) is 11.0. The van der Waals surface area contributed by atoms with Gasteiger partial charge in [-0.3, -0.25) is 4.79 Å². The van der Waals surface area contributed by atoms with Crippen LogP contribution in [-0.4, -0.2) is 58.8 Å². The molecule has 4 heterocycles. The Labute approximate surface area is 250 Å². The van der Waals surface area contributed by atoms with Crippen LogP contribution in [0, 0.1) is 5.41 Å². The Hall–Kier alpha value is -3.97. The number of nitrogens with zero attached hydrogens (tertiary/aromatic N) is 4. The molecule has 9 nitrogen and oxygen atoms in total. The fourth-order valence-electron chi connectivity index (χ4n) is 5.90. The first-order chi connectivity index (χ1) is 20.6. The van der Waals surface area contributed by atoms with E-state index in [4.69, 9.17) is 15.2 Å². The number of piperidine rings is 1. The fraction of sp³-hybridized carbons (Fsp3) is 0.400. The molecule has 2 aromatic heterocycles. The number of rotatable bonds is 7. The SMILES string of the molecule is CCOC(=O)[C@@H]1CC2(CCN(c3cc(O[C@H](c4ccc(-c5ccc6cnsc6c5)cc4)C(F)(F)F)nc(N)n3)CC2)CN1. The smallest absolute Gasteiger partial charge is 0.429 e. The van der Waals surface area contributed by atoms with Crippen LogP contribution in [-0.2, 0) is 9.53 Å². The number of fused-ring (bicyclic) bond motifs is 1. The summed E-state index contributed by atoms with van der Waals surface area (Å²) < 4.78 is 58.6. The number of nitrogens with one attached hydrogen (secondary N) is 1. The Morgan fingerprint density at radius 1 is 1.14 bits per heavy atom. The maximum absolute atomic E-state index is 14.3. The maximum Gasteiger partial charge on any atom is 0.429 e. The molecule has 2 atom stereocenters. The Bertz CT molecular complexity index is 1600. The number of hydrogen-bond acceptors (Lipinski definition) is 10. The van der Waals surface area contributed by atoms with Gasteiger partial charge in [0, 0.05) is 42.8 Å². The van der Waals surface area contributed by atoms with Gasteiger partial charge in [-0.25, -0.2) is 0 Å². The third-order valence-electron chi connectivity index (χ3n) is 8.23. The van der Waals surface area contributed by atoms with Crippen LogP contribution in [0.3, 0.4) is 0 Å². The number of esters is 1. The molecule has 0 unspecified atom stereocenters. The standard InChI is InChI=1S/C30H31F3N6O3S/c1-2-41-27(40)22-15-29(17-35-22)9-11-39(12-10-29)24-14-25(38-28(34)37-24)42-26(30(31,32)33)19-5-3-18(4-6-19)20-7-8-21-16-36-43-23(21)13-20/h3-8,13-14,16,22,26,35H,2,9-12,15,17H2,1H3,(H2,34,37,38)/t22-,26+/m0/s1. The van der Waals surface area contributed by atoms with Gasteiger partial charge in [0.15, 0.2) is 0 Å². The number of aromatic nitrogens is 3. The summed E-state index contributed by atoms with van der Waals surface area (Å²) in [4.78, 5) is 22.4. The normalized spacial score (nSPS) is 19.1. The maximum atomic E-state index is 14.3. The molecule has 0 saturated carbocycles. The number of carbonyl (C=O) groups is 1. The van der Waals surface area contributed by atoms with E-state index in [9.17, 15) is 18.0 Å². The molecule has 6 rings (SSSR count). The number of anilines is 2. The number of carbonyl (C=O) groups excluding carboxylic acids is 1. The molecule has 43 heavy (non-hydrogen) atoms. The Morgan fingerprint density at radius 2 is 1.88 bits per heavy atom. The predicted octanol–water partition coefficient (Wildman–Crippen LogP) is 5.53. The van der Waals surface area contributed by atoms with Gasteiger partial charge < -0.3 is 25.4 Å². The van der Waals surface area contributed by atoms with Crippen LogP contribution >= 0.6 is 11.5 Å². The monoisotopic (exact) mass is 612 g/mol. The van der Waals surface area contributed by atoms with Crippen LogP contribution in [0.4, 0.5) is 24.9 Å². The highest BCUT2D eigenvalue weighted by atomic mass is 32.1. The highest BCUT2D eigenvalue weighted by Crippen LogP contribution is 2.42. The van der Waals surface area contributed by atoms with Gasteiger partial charge in [0.1, 0.15) is 11.9 Å². The van der Waals surface area contributed by atoms with Crippen molar-refractivity contribution in [3.05, 3.63) is 60.3 Å². The summed E-state index contributed by atoms with van der Waals surface area (Å²) in [7, 11) is 0. The number of nitrogen functional groups attached to an aromatic ring is 1. The zero-order valence-electron chi connectivity index (χ0n) is 23.4. The second-order valence-corrected chi connectivity index (χ2v) is 11.9. The summed E-state index contributed by atoms with van der Waals surface area (Å²) in [5, 5.41) is 4.29. The molecule has 0 bridgehead atoms. The van der Waals surface area contributed by atoms with E-state index in [1.165, 1.54) is 29.7 Å². The van der Waals surface area contributed by atoms with Crippen molar-refractivity contribution >= 4 is 39.4 Å². The van der Waals surface area contributed by atoms with E-state index in [-0.39, 0.29) is 34.8 Å². The fourth-order valence-corrected chi connectivity index (χ4v) is 6.59. The van der Waals surface area contributed by atoms with Crippen LogP contribution in [0.2, 0.25) is 0 Å². The van der Waals surface area contributed by atoms with Crippen molar-refractivity contribution in [3.8, 4) is 17.0 Å². The van der Waals surface area contributed by atoms with Crippen molar-refractivity contribution in [2.24, 2.45) is 5.41 Å². The molecule has 2 aliphatic rings. The van der Waals surface area contributed by atoms with Crippen molar-refractivity contribution in [1.29, 1.82) is 0 Å². The van der Waals surface area contributed by atoms with Gasteiger partial charge in [-0.05, 0) is 60.3 Å². The Balaban J connectivity index is 1.16. The van der Waals surface area contributed by atoms with Crippen LogP contribution in [0.25, 0.3) is 21.2 Å². The average Bonchev–Trinajstić information content (AvgIpc) is 3.63. The number of halogens is 3. The van der Waals surface area contributed by atoms with Crippen LogP contribution < -0.4 is 20.7 Å². The second kappa shape index (κ2) is 11.6. The Morgan fingerprint density at radius 3 is 2.60 bits per heavy atom. The minimum Gasteiger partial charge on any atom is -0.465 e. The summed E-state index contributed by atoms with van der Waals surface area (Å²) in [6.07, 6.45) is -2.92. The van der Waals surface area contributed by atoms with E-state index < -0.39 is 12.3 Å². The highest BCUT2D eigenvalue weighted by molar-refractivity contribution is 7.13. The minimum absolute atomic E-state index is 0.0498. The summed E-state index contributed by atoms with van der Waals surface area (Å²) in [6, 6.07) is 13.0. The lowest BCUT2D eigenvalue weighted by Crippen LogP contribution is -2.41. The number of hydrogen-bond donors (Lipinski definition) is 2. The molecule has 4 aromatic rings. The first-order valence-corrected chi connectivity index (χ1v) is 14.9. The Kier molecular flexibility index (Phi) is 7.86. The molecule has 0 aliphatic carbocycles. The van der Waals surface area contributed by atoms with Gasteiger partial charge in [0.25, 0.3) is 0 Å². The van der Waals surface area contributed by atoms with Gasteiger partial charge in [-0.1, -0.05) is 36.4 Å². The molecule has 2 aliphatic heterocycles. The lowest BCUT2D eigenvalue weighted by atomic mass is 9.76. The molecule has 1 spiro atoms. The van der Waals surface area contributed by atoms with Crippen molar-refractivity contribution in [3.63, 3.8) is 0 Å². The zero-order chi connectivity index (χ0) is 30.2. The van der Waals surface area contributed by atoms with Gasteiger partial charge in [-0.2, -0.15) is 27.5 Å². The van der Waals surface area contributed by atoms with E-state index in [2.05, 4.69) is 19.7 Å². The number of ether oxygens (including phenoxy) is 2. The predicted molar refractivity (Wildman–Crippen MR) is 158 cm³/mol. The molecule has 0 amide bonds. The molecule has 13 heteroatoms. The first kappa shape index (κ1) is 29.1. The van der Waals surface area contributed by atoms with Crippen LogP contribution in [0.15, 0.2) is 54.7 Å². The van der Waals surface area contributed by atoms with E-state index in [0.29, 0.717) is 38.5 Å². The molecular weight excluding hydrogens is 581 g/mol. The van der Waals surface area contributed by atoms with E-state index in [1.807, 2.05) is 23.1 Å². The molecular formula is C30H31F3N6O3S. The van der Waals surface area contributed by atoms with E-state index in [1.54, 1.807) is 25.3 Å². The third-order valence-corrected chi connectivity index (χ3v) is 8.99. The lowest BCUT2D eigenvalue weighted by molar-refractivity contribution is -0.198. The number of nitrogens with two attached hydrogens (primary N) is 1. The summed E-state index contributed by atoms with van der Waals surface area (Å²) in [5.41, 5.74) is 7.48. The van der Waals surface area contributed by atoms with Crippen molar-refractivity contribution < 1.29 is 27.4 Å². The quantitative estimate of drug-likeness (QED) is 0.260. The zero-order valence-corrected chi connectivity index (χ0v) is 24.3. The summed E-state index contributed by atoms with van der Waals surface area (Å²) in [5.74, 6) is -0.263. The lowest BCUT2D eigenvalue weighted by Gasteiger charge is -2.39. The minimum atomic E-state index is -4.70. The van der Waals surface area contributed by atoms with Crippen molar-refractivity contribution in [2.75, 3.05) is 36.9 Å². The molecule has 2 aromatic carbocycles. The largest absolute Gasteiger partial charge is 0.465 e. The van der Waals surface area contributed by atoms with Gasteiger partial charge >= 0.3 is 12.1 Å². The molecule has 3 N–H and O–H groups in total. The summed E-state index contributed by atoms with van der Waals surface area (Å²) >= 11 is 1.36. The molecule has 2 fully saturated rings. The first-order valence-electron chi connectivity index (χ1n) is 14.1. The number of benzene rings is 2. The van der Waals surface area contributed by atoms with Gasteiger partial charge in [0.05, 0.1) is 11.3 Å².